The number of amides is 1. The van der Waals surface area contributed by atoms with Gasteiger partial charge in [-0.15, -0.1) is 0 Å². The van der Waals surface area contributed by atoms with Crippen LogP contribution in [0.3, 0.4) is 0 Å². The summed E-state index contributed by atoms with van der Waals surface area (Å²) in [5, 5.41) is 23.0. The number of ether oxygens (including phenoxy) is 1. The molecule has 74 heavy (non-hydrogen) atoms. The molecule has 0 rings (SSSR count). The van der Waals surface area contributed by atoms with Crippen LogP contribution >= 0.6 is 0 Å². The van der Waals surface area contributed by atoms with E-state index in [2.05, 4.69) is 55.6 Å². The smallest absolute Gasteiger partial charge is 0.305 e. The Balaban J connectivity index is 3.37. The molecule has 0 bridgehead atoms. The Kier molecular flexibility index (Phi) is 61.5. The van der Waals surface area contributed by atoms with Crippen molar-refractivity contribution in [2.45, 2.75) is 360 Å². The van der Waals surface area contributed by atoms with Gasteiger partial charge in [0.1, 0.15) is 0 Å². The summed E-state index contributed by atoms with van der Waals surface area (Å²) in [5.74, 6) is -0.0589. The van der Waals surface area contributed by atoms with Gasteiger partial charge in [-0.05, 0) is 89.9 Å². The third-order valence-electron chi connectivity index (χ3n) is 15.1. The number of aliphatic hydroxyl groups excluding tert-OH is 2. The van der Waals surface area contributed by atoms with Gasteiger partial charge in [-0.1, -0.05) is 294 Å². The molecule has 0 aliphatic rings. The highest BCUT2D eigenvalue weighted by molar-refractivity contribution is 5.76. The Morgan fingerprint density at radius 3 is 1.07 bits per heavy atom. The second kappa shape index (κ2) is 63.4. The molecule has 0 saturated carbocycles. The van der Waals surface area contributed by atoms with E-state index in [-0.39, 0.29) is 18.5 Å². The third kappa shape index (κ3) is 59.1. The predicted octanol–water partition coefficient (Wildman–Crippen LogP) is 20.9. The zero-order valence-electron chi connectivity index (χ0n) is 49.6. The van der Waals surface area contributed by atoms with E-state index in [0.29, 0.717) is 19.4 Å². The first kappa shape index (κ1) is 71.8. The Morgan fingerprint density at radius 1 is 0.378 bits per heavy atom. The molecule has 0 saturated heterocycles. The van der Waals surface area contributed by atoms with Crippen LogP contribution in [0.4, 0.5) is 0 Å². The van der Waals surface area contributed by atoms with Crippen LogP contribution in [0.1, 0.15) is 348 Å². The lowest BCUT2D eigenvalue weighted by molar-refractivity contribution is -0.143. The van der Waals surface area contributed by atoms with Gasteiger partial charge in [-0.3, -0.25) is 9.59 Å². The van der Waals surface area contributed by atoms with Gasteiger partial charge in [0.05, 0.1) is 25.4 Å². The fourth-order valence-electron chi connectivity index (χ4n) is 10.0. The lowest BCUT2D eigenvalue weighted by Gasteiger charge is -2.20. The molecule has 0 heterocycles. The minimum absolute atomic E-state index is 0.0108. The summed E-state index contributed by atoms with van der Waals surface area (Å²) < 4.78 is 5.50. The van der Waals surface area contributed by atoms with Crippen LogP contribution < -0.4 is 5.32 Å². The van der Waals surface area contributed by atoms with Crippen molar-refractivity contribution < 1.29 is 24.5 Å². The van der Waals surface area contributed by atoms with Crippen molar-refractivity contribution in [3.63, 3.8) is 0 Å². The highest BCUT2D eigenvalue weighted by Gasteiger charge is 2.18. The SMILES string of the molecule is CCCCC/C=C\C/C=C\CCCCCCCCCCCC(=O)OCCCCCCCCCCCCCC/C=C\CCCCCCCCCCCCCC(=O)NC(CO)C(O)/C=C/CCCCCCCCCCC. The molecule has 2 atom stereocenters. The molecule has 434 valence electrons. The summed E-state index contributed by atoms with van der Waals surface area (Å²) in [7, 11) is 0. The zero-order valence-corrected chi connectivity index (χ0v) is 49.6. The van der Waals surface area contributed by atoms with E-state index < -0.39 is 12.1 Å². The minimum atomic E-state index is -0.844. The Hall–Kier alpha value is -2.18. The van der Waals surface area contributed by atoms with Gasteiger partial charge in [0.25, 0.3) is 0 Å². The van der Waals surface area contributed by atoms with Gasteiger partial charge in [-0.25, -0.2) is 0 Å². The molecule has 0 aromatic carbocycles. The molecule has 0 radical (unpaired) electrons. The Bertz CT molecular complexity index is 1240. The Morgan fingerprint density at radius 2 is 0.676 bits per heavy atom. The molecule has 2 unspecified atom stereocenters. The summed E-state index contributed by atoms with van der Waals surface area (Å²) in [6, 6.07) is -0.628. The first-order valence-corrected chi connectivity index (χ1v) is 32.9. The topological polar surface area (TPSA) is 95.9 Å². The predicted molar refractivity (Wildman–Crippen MR) is 324 cm³/mol. The second-order valence-electron chi connectivity index (χ2n) is 22.4. The summed E-state index contributed by atoms with van der Waals surface area (Å²) in [6.45, 7) is 4.88. The summed E-state index contributed by atoms with van der Waals surface area (Å²) in [4.78, 5) is 24.5. The van der Waals surface area contributed by atoms with Gasteiger partial charge < -0.3 is 20.3 Å². The molecule has 6 heteroatoms. The normalized spacial score (nSPS) is 12.9. The van der Waals surface area contributed by atoms with E-state index in [4.69, 9.17) is 4.74 Å². The van der Waals surface area contributed by atoms with Crippen LogP contribution in [-0.2, 0) is 14.3 Å². The van der Waals surface area contributed by atoms with Crippen LogP contribution in [-0.4, -0.2) is 47.4 Å². The molecule has 6 nitrogen and oxygen atoms in total. The number of esters is 1. The molecule has 3 N–H and O–H groups in total. The van der Waals surface area contributed by atoms with E-state index in [1.165, 1.54) is 270 Å². The number of carbonyl (C=O) groups excluding carboxylic acids is 2. The average molecular weight is 1040 g/mol. The number of hydrogen-bond acceptors (Lipinski definition) is 5. The minimum Gasteiger partial charge on any atom is -0.466 e. The molecule has 0 fully saturated rings. The summed E-state index contributed by atoms with van der Waals surface area (Å²) in [5.41, 5.74) is 0. The molecule has 0 aromatic rings. The molecule has 1 amide bonds. The van der Waals surface area contributed by atoms with Crippen LogP contribution in [0.25, 0.3) is 0 Å². The van der Waals surface area contributed by atoms with Crippen LogP contribution in [0, 0.1) is 0 Å². The van der Waals surface area contributed by atoms with Gasteiger partial charge in [-0.2, -0.15) is 0 Å². The van der Waals surface area contributed by atoms with Crippen LogP contribution in [0.15, 0.2) is 48.6 Å². The highest BCUT2D eigenvalue weighted by atomic mass is 16.5. The lowest BCUT2D eigenvalue weighted by atomic mass is 10.0. The summed E-state index contributed by atoms with van der Waals surface area (Å²) in [6.07, 6.45) is 81.7. The highest BCUT2D eigenvalue weighted by Crippen LogP contribution is 2.17. The van der Waals surface area contributed by atoms with Crippen molar-refractivity contribution in [3.05, 3.63) is 48.6 Å². The number of rotatable bonds is 61. The fourth-order valence-corrected chi connectivity index (χ4v) is 10.0. The van der Waals surface area contributed by atoms with Crippen molar-refractivity contribution >= 4 is 11.9 Å². The van der Waals surface area contributed by atoms with Crippen molar-refractivity contribution in [3.8, 4) is 0 Å². The molecule has 0 aliphatic heterocycles. The first-order chi connectivity index (χ1) is 36.5. The molecular weight excluding hydrogens is 911 g/mol. The standard InChI is InChI=1S/C68H127NO5/c1-3-5-7-9-11-13-15-16-17-18-28-32-35-38-42-46-50-54-58-62-68(73)74-63-59-55-51-47-43-39-36-33-30-27-25-23-21-19-20-22-24-26-29-31-34-37-41-45-49-53-57-61-67(72)69-65(64-70)66(71)60-56-52-48-44-40-14-12-10-8-6-4-2/h11,13,16-17,19-20,56,60,65-66,70-71H,3-10,12,14-15,18,21-55,57-59,61-64H2,1-2H3,(H,69,72)/b13-11-,17-16-,20-19-,60-56+. The van der Waals surface area contributed by atoms with Gasteiger partial charge in [0, 0.05) is 12.8 Å². The van der Waals surface area contributed by atoms with Gasteiger partial charge in [0.2, 0.25) is 5.91 Å². The van der Waals surface area contributed by atoms with E-state index in [0.717, 1.165) is 51.4 Å². The molecular formula is C68H127NO5. The van der Waals surface area contributed by atoms with Gasteiger partial charge >= 0.3 is 5.97 Å². The average Bonchev–Trinajstić information content (AvgIpc) is 3.40. The van der Waals surface area contributed by atoms with Crippen molar-refractivity contribution in [1.82, 2.24) is 5.32 Å². The zero-order chi connectivity index (χ0) is 53.6. The van der Waals surface area contributed by atoms with Crippen molar-refractivity contribution in [1.29, 1.82) is 0 Å². The van der Waals surface area contributed by atoms with Crippen molar-refractivity contribution in [2.75, 3.05) is 13.2 Å². The fraction of sp³-hybridized carbons (Fsp3) is 0.853. The van der Waals surface area contributed by atoms with Crippen LogP contribution in [0.5, 0.6) is 0 Å². The molecule has 0 aliphatic carbocycles. The summed E-state index contributed by atoms with van der Waals surface area (Å²) >= 11 is 0. The maximum atomic E-state index is 12.4. The van der Waals surface area contributed by atoms with E-state index in [1.54, 1.807) is 6.08 Å². The van der Waals surface area contributed by atoms with E-state index in [9.17, 15) is 19.8 Å². The number of nitrogens with one attached hydrogen (secondary N) is 1. The quantitative estimate of drug-likeness (QED) is 0.0320. The second-order valence-corrected chi connectivity index (χ2v) is 22.4. The molecule has 0 spiro atoms. The Labute approximate surface area is 461 Å². The number of hydrogen-bond donors (Lipinski definition) is 3. The number of carbonyl (C=O) groups is 2. The van der Waals surface area contributed by atoms with Gasteiger partial charge in [0.15, 0.2) is 0 Å². The lowest BCUT2D eigenvalue weighted by Crippen LogP contribution is -2.45. The number of aliphatic hydroxyl groups is 2. The number of unbranched alkanes of at least 4 members (excludes halogenated alkanes) is 44. The maximum Gasteiger partial charge on any atom is 0.305 e. The monoisotopic (exact) mass is 1040 g/mol. The van der Waals surface area contributed by atoms with E-state index in [1.807, 2.05) is 6.08 Å². The number of allylic oxidation sites excluding steroid dienone is 7. The van der Waals surface area contributed by atoms with Crippen molar-refractivity contribution in [2.24, 2.45) is 0 Å². The third-order valence-corrected chi connectivity index (χ3v) is 15.1. The first-order valence-electron chi connectivity index (χ1n) is 32.9. The largest absolute Gasteiger partial charge is 0.466 e. The van der Waals surface area contributed by atoms with Crippen LogP contribution in [0.2, 0.25) is 0 Å². The van der Waals surface area contributed by atoms with E-state index >= 15 is 0 Å². The molecule has 0 aromatic heterocycles. The maximum absolute atomic E-state index is 12.4.